The van der Waals surface area contributed by atoms with Crippen LogP contribution in [0.15, 0.2) is 18.2 Å². The van der Waals surface area contributed by atoms with Crippen molar-refractivity contribution in [3.63, 3.8) is 0 Å². The Labute approximate surface area is 110 Å². The third-order valence-corrected chi connectivity index (χ3v) is 4.20. The summed E-state index contributed by atoms with van der Waals surface area (Å²) in [4.78, 5) is 2.70. The van der Waals surface area contributed by atoms with Crippen LogP contribution in [0.3, 0.4) is 0 Å². The Balaban J connectivity index is 1.88. The monoisotopic (exact) mass is 244 g/mol. The van der Waals surface area contributed by atoms with Gasteiger partial charge in [0.2, 0.25) is 0 Å². The molecule has 0 spiro atoms. The average Bonchev–Trinajstić information content (AvgIpc) is 3.14. The summed E-state index contributed by atoms with van der Waals surface area (Å²) in [7, 11) is 0. The van der Waals surface area contributed by atoms with Crippen molar-refractivity contribution in [2.45, 2.75) is 32.7 Å². The van der Waals surface area contributed by atoms with Gasteiger partial charge >= 0.3 is 0 Å². The van der Waals surface area contributed by atoms with E-state index in [2.05, 4.69) is 42.3 Å². The molecule has 1 atom stereocenters. The Morgan fingerprint density at radius 2 is 1.67 bits per heavy atom. The van der Waals surface area contributed by atoms with Crippen LogP contribution in [0.5, 0.6) is 0 Å². The number of nitrogens with zero attached hydrogens (tertiary/aromatic N) is 1. The number of hydrogen-bond acceptors (Lipinski definition) is 2. The molecule has 1 aromatic carbocycles. The predicted octanol–water partition coefficient (Wildman–Crippen LogP) is 2.66. The Morgan fingerprint density at radius 3 is 2.22 bits per heavy atom. The second kappa shape index (κ2) is 5.02. The highest BCUT2D eigenvalue weighted by Crippen LogP contribution is 2.44. The lowest BCUT2D eigenvalue weighted by Gasteiger charge is -2.35. The summed E-state index contributed by atoms with van der Waals surface area (Å²) < 4.78 is 0. The van der Waals surface area contributed by atoms with Gasteiger partial charge in [-0.2, -0.15) is 0 Å². The number of benzene rings is 1. The van der Waals surface area contributed by atoms with Crippen molar-refractivity contribution < 1.29 is 0 Å². The molecule has 1 N–H and O–H groups in total. The minimum absolute atomic E-state index is 0.672. The van der Waals surface area contributed by atoms with E-state index >= 15 is 0 Å². The van der Waals surface area contributed by atoms with Crippen LogP contribution in [-0.4, -0.2) is 31.1 Å². The van der Waals surface area contributed by atoms with Crippen molar-refractivity contribution in [3.05, 3.63) is 34.9 Å². The number of hydrogen-bond donors (Lipinski definition) is 1. The fraction of sp³-hybridized carbons (Fsp3) is 0.625. The lowest BCUT2D eigenvalue weighted by Crippen LogP contribution is -2.45. The largest absolute Gasteiger partial charge is 0.314 e. The highest BCUT2D eigenvalue weighted by atomic mass is 15.2. The molecule has 1 saturated carbocycles. The van der Waals surface area contributed by atoms with E-state index in [4.69, 9.17) is 0 Å². The Kier molecular flexibility index (Phi) is 3.40. The molecule has 98 valence electrons. The minimum Gasteiger partial charge on any atom is -0.314 e. The van der Waals surface area contributed by atoms with Gasteiger partial charge in [-0.25, -0.2) is 0 Å². The lowest BCUT2D eigenvalue weighted by atomic mass is 9.96. The van der Waals surface area contributed by atoms with Crippen molar-refractivity contribution in [1.29, 1.82) is 0 Å². The average molecular weight is 244 g/mol. The highest BCUT2D eigenvalue weighted by molar-refractivity contribution is 5.32. The van der Waals surface area contributed by atoms with Crippen molar-refractivity contribution in [3.8, 4) is 0 Å². The second-order valence-electron chi connectivity index (χ2n) is 5.99. The molecular weight excluding hydrogens is 220 g/mol. The van der Waals surface area contributed by atoms with E-state index in [-0.39, 0.29) is 0 Å². The first-order chi connectivity index (χ1) is 8.74. The molecule has 2 aliphatic rings. The second-order valence-corrected chi connectivity index (χ2v) is 5.99. The first kappa shape index (κ1) is 12.2. The van der Waals surface area contributed by atoms with Crippen LogP contribution < -0.4 is 5.32 Å². The molecule has 2 fully saturated rings. The quantitative estimate of drug-likeness (QED) is 0.879. The van der Waals surface area contributed by atoms with Gasteiger partial charge in [-0.3, -0.25) is 4.90 Å². The molecule has 1 aliphatic carbocycles. The summed E-state index contributed by atoms with van der Waals surface area (Å²) in [5, 5.41) is 3.46. The van der Waals surface area contributed by atoms with Crippen LogP contribution in [0.25, 0.3) is 0 Å². The van der Waals surface area contributed by atoms with Gasteiger partial charge in [0.25, 0.3) is 0 Å². The van der Waals surface area contributed by atoms with Gasteiger partial charge in [0.15, 0.2) is 0 Å². The number of nitrogens with one attached hydrogen (secondary N) is 1. The Hall–Kier alpha value is -0.860. The maximum atomic E-state index is 3.46. The molecule has 1 aliphatic heterocycles. The normalized spacial score (nSPS) is 23.0. The lowest BCUT2D eigenvalue weighted by molar-refractivity contribution is 0.156. The molecule has 18 heavy (non-hydrogen) atoms. The zero-order valence-corrected chi connectivity index (χ0v) is 11.6. The van der Waals surface area contributed by atoms with E-state index in [0.717, 1.165) is 19.0 Å². The van der Waals surface area contributed by atoms with E-state index in [9.17, 15) is 0 Å². The summed E-state index contributed by atoms with van der Waals surface area (Å²) in [5.74, 6) is 0.907. The zero-order chi connectivity index (χ0) is 12.5. The number of rotatable bonds is 3. The Morgan fingerprint density at radius 1 is 1.06 bits per heavy atom. The molecule has 1 heterocycles. The van der Waals surface area contributed by atoms with Gasteiger partial charge in [-0.15, -0.1) is 0 Å². The molecule has 2 heteroatoms. The van der Waals surface area contributed by atoms with Crippen molar-refractivity contribution in [2.24, 2.45) is 5.92 Å². The van der Waals surface area contributed by atoms with Crippen LogP contribution in [0.4, 0.5) is 0 Å². The summed E-state index contributed by atoms with van der Waals surface area (Å²) in [6.07, 6.45) is 2.84. The number of piperazine rings is 1. The zero-order valence-electron chi connectivity index (χ0n) is 11.6. The number of aryl methyl sites for hydroxylation is 2. The molecule has 0 radical (unpaired) electrons. The first-order valence-corrected chi connectivity index (χ1v) is 7.27. The molecule has 2 nitrogen and oxygen atoms in total. The van der Waals surface area contributed by atoms with E-state index < -0.39 is 0 Å². The summed E-state index contributed by atoms with van der Waals surface area (Å²) >= 11 is 0. The minimum atomic E-state index is 0.672. The fourth-order valence-electron chi connectivity index (χ4n) is 3.33. The van der Waals surface area contributed by atoms with Crippen LogP contribution >= 0.6 is 0 Å². The van der Waals surface area contributed by atoms with Gasteiger partial charge in [0.05, 0.1) is 0 Å². The molecule has 0 unspecified atom stereocenters. The van der Waals surface area contributed by atoms with Crippen LogP contribution in [0.2, 0.25) is 0 Å². The SMILES string of the molecule is Cc1cc(C)cc([C@H](C2CC2)N2CCNCC2)c1. The third-order valence-electron chi connectivity index (χ3n) is 4.20. The molecule has 3 rings (SSSR count). The van der Waals surface area contributed by atoms with Gasteiger partial charge in [0, 0.05) is 32.2 Å². The van der Waals surface area contributed by atoms with Crippen LogP contribution in [0, 0.1) is 19.8 Å². The molecule has 0 amide bonds. The van der Waals surface area contributed by atoms with E-state index in [1.54, 1.807) is 5.56 Å². The first-order valence-electron chi connectivity index (χ1n) is 7.27. The van der Waals surface area contributed by atoms with Gasteiger partial charge < -0.3 is 5.32 Å². The van der Waals surface area contributed by atoms with E-state index in [1.807, 2.05) is 0 Å². The molecule has 0 aromatic heterocycles. The summed E-state index contributed by atoms with van der Waals surface area (Å²) in [5.41, 5.74) is 4.37. The maximum absolute atomic E-state index is 3.46. The molecule has 1 aromatic rings. The summed E-state index contributed by atoms with van der Waals surface area (Å²) in [6, 6.07) is 7.76. The van der Waals surface area contributed by atoms with Gasteiger partial charge in [-0.1, -0.05) is 29.3 Å². The van der Waals surface area contributed by atoms with Crippen LogP contribution in [-0.2, 0) is 0 Å². The third kappa shape index (κ3) is 2.60. The van der Waals surface area contributed by atoms with Crippen molar-refractivity contribution in [2.75, 3.05) is 26.2 Å². The van der Waals surface area contributed by atoms with E-state index in [1.165, 1.54) is 37.1 Å². The maximum Gasteiger partial charge on any atom is 0.0377 e. The Bertz CT molecular complexity index is 397. The highest BCUT2D eigenvalue weighted by Gasteiger charge is 2.36. The molecule has 1 saturated heterocycles. The van der Waals surface area contributed by atoms with Crippen LogP contribution in [0.1, 0.15) is 35.6 Å². The predicted molar refractivity (Wildman–Crippen MR) is 75.8 cm³/mol. The smallest absolute Gasteiger partial charge is 0.0377 e. The molecule has 0 bridgehead atoms. The van der Waals surface area contributed by atoms with Crippen molar-refractivity contribution >= 4 is 0 Å². The van der Waals surface area contributed by atoms with Crippen molar-refractivity contribution in [1.82, 2.24) is 10.2 Å². The topological polar surface area (TPSA) is 15.3 Å². The molecular formula is C16H24N2. The standard InChI is InChI=1S/C16H24N2/c1-12-9-13(2)11-15(10-12)16(14-3-4-14)18-7-5-17-6-8-18/h9-11,14,16-17H,3-8H2,1-2H3/t16-/m0/s1. The summed E-state index contributed by atoms with van der Waals surface area (Å²) in [6.45, 7) is 9.14. The fourth-order valence-corrected chi connectivity index (χ4v) is 3.33. The van der Waals surface area contributed by atoms with Gasteiger partial charge in [0.1, 0.15) is 0 Å². The van der Waals surface area contributed by atoms with E-state index in [0.29, 0.717) is 6.04 Å². The van der Waals surface area contributed by atoms with Gasteiger partial charge in [-0.05, 0) is 38.2 Å².